The highest BCUT2D eigenvalue weighted by Crippen LogP contribution is 2.26. The average Bonchev–Trinajstić information content (AvgIpc) is 2.82. The first-order valence-electron chi connectivity index (χ1n) is 8.63. The molecule has 5 heteroatoms. The molecule has 0 aromatic heterocycles. The van der Waals surface area contributed by atoms with Crippen molar-refractivity contribution >= 4 is 11.4 Å². The fraction of sp³-hybridized carbons (Fsp3) is 0.350. The van der Waals surface area contributed by atoms with Gasteiger partial charge in [0.2, 0.25) is 0 Å². The Hall–Kier alpha value is -2.37. The zero-order valence-corrected chi connectivity index (χ0v) is 14.2. The number of rotatable bonds is 6. The van der Waals surface area contributed by atoms with E-state index in [9.17, 15) is 10.3 Å². The van der Waals surface area contributed by atoms with Crippen LogP contribution in [0.5, 0.6) is 0 Å². The molecule has 2 N–H and O–H groups in total. The molecule has 0 amide bonds. The molecule has 5 nitrogen and oxygen atoms in total. The Balaban J connectivity index is 1.59. The van der Waals surface area contributed by atoms with Crippen molar-refractivity contribution in [1.82, 2.24) is 0 Å². The molecule has 1 heterocycles. The molecule has 0 saturated carbocycles. The minimum absolute atomic E-state index is 0.286. The van der Waals surface area contributed by atoms with Crippen molar-refractivity contribution in [3.8, 4) is 0 Å². The van der Waals surface area contributed by atoms with Crippen LogP contribution in [0.2, 0.25) is 0 Å². The summed E-state index contributed by atoms with van der Waals surface area (Å²) in [6, 6.07) is 17.8. The molecule has 0 bridgehead atoms. The Morgan fingerprint density at radius 1 is 1.08 bits per heavy atom. The second kappa shape index (κ2) is 8.65. The van der Waals surface area contributed by atoms with Gasteiger partial charge in [0.25, 0.3) is 0 Å². The normalized spacial score (nSPS) is 17.2. The number of ether oxygens (including phenoxy) is 1. The molecule has 3 rings (SSSR count). The molecule has 0 radical (unpaired) electrons. The maximum absolute atomic E-state index is 10.4. The third kappa shape index (κ3) is 4.59. The number of nitrogens with zero attached hydrogens (tertiary/aromatic N) is 2. The van der Waals surface area contributed by atoms with Gasteiger partial charge in [0.05, 0.1) is 25.0 Å². The lowest BCUT2D eigenvalue weighted by molar-refractivity contribution is 0.0320. The molecule has 1 aliphatic rings. The zero-order valence-electron chi connectivity index (χ0n) is 14.2. The van der Waals surface area contributed by atoms with Gasteiger partial charge in [-0.2, -0.15) is 0 Å². The number of oxime groups is 1. The van der Waals surface area contributed by atoms with Gasteiger partial charge in [-0.3, -0.25) is 0 Å². The van der Waals surface area contributed by atoms with E-state index in [0.717, 1.165) is 36.2 Å². The first-order chi connectivity index (χ1) is 12.3. The Bertz CT molecular complexity index is 703. The van der Waals surface area contributed by atoms with E-state index < -0.39 is 6.10 Å². The van der Waals surface area contributed by atoms with Crippen LogP contribution in [0.15, 0.2) is 59.8 Å². The Labute approximate surface area is 148 Å². The van der Waals surface area contributed by atoms with E-state index in [0.29, 0.717) is 18.9 Å². The predicted molar refractivity (Wildman–Crippen MR) is 98.3 cm³/mol. The topological polar surface area (TPSA) is 65.3 Å². The monoisotopic (exact) mass is 340 g/mol. The molecular weight excluding hydrogens is 316 g/mol. The molecule has 2 aromatic rings. The van der Waals surface area contributed by atoms with Gasteiger partial charge in [-0.25, -0.2) is 0 Å². The highest BCUT2D eigenvalue weighted by Gasteiger charge is 2.21. The molecule has 0 spiro atoms. The summed E-state index contributed by atoms with van der Waals surface area (Å²) >= 11 is 0. The number of aliphatic hydroxyl groups excluding tert-OH is 1. The quantitative estimate of drug-likeness (QED) is 0.627. The summed E-state index contributed by atoms with van der Waals surface area (Å²) < 4.78 is 5.64. The highest BCUT2D eigenvalue weighted by molar-refractivity contribution is 6.05. The first-order valence-corrected chi connectivity index (χ1v) is 8.63. The van der Waals surface area contributed by atoms with E-state index in [1.165, 1.54) is 0 Å². The summed E-state index contributed by atoms with van der Waals surface area (Å²) in [7, 11) is 0. The van der Waals surface area contributed by atoms with Gasteiger partial charge in [-0.15, -0.1) is 0 Å². The van der Waals surface area contributed by atoms with Gasteiger partial charge in [-0.05, 0) is 24.5 Å². The predicted octanol–water partition coefficient (Wildman–Crippen LogP) is 3.04. The molecule has 132 valence electrons. The molecule has 0 aliphatic carbocycles. The summed E-state index contributed by atoms with van der Waals surface area (Å²) in [5.74, 6) is 0. The van der Waals surface area contributed by atoms with Crippen LogP contribution < -0.4 is 4.90 Å². The molecule has 0 fully saturated rings. The van der Waals surface area contributed by atoms with Crippen molar-refractivity contribution in [2.45, 2.75) is 25.6 Å². The van der Waals surface area contributed by atoms with Crippen molar-refractivity contribution < 1.29 is 15.1 Å². The molecule has 25 heavy (non-hydrogen) atoms. The van der Waals surface area contributed by atoms with Crippen molar-refractivity contribution in [3.63, 3.8) is 0 Å². The maximum atomic E-state index is 10.4. The van der Waals surface area contributed by atoms with E-state index in [1.807, 2.05) is 54.6 Å². The molecular formula is C20H24N2O3. The van der Waals surface area contributed by atoms with Gasteiger partial charge in [-0.1, -0.05) is 53.7 Å². The lowest BCUT2D eigenvalue weighted by Gasteiger charge is -2.27. The van der Waals surface area contributed by atoms with Crippen LogP contribution in [0.4, 0.5) is 5.69 Å². The van der Waals surface area contributed by atoms with E-state index in [1.54, 1.807) is 0 Å². The van der Waals surface area contributed by atoms with Crippen LogP contribution in [0.1, 0.15) is 24.0 Å². The van der Waals surface area contributed by atoms with Crippen molar-refractivity contribution in [1.29, 1.82) is 0 Å². The van der Waals surface area contributed by atoms with Crippen LogP contribution in [0, 0.1) is 0 Å². The molecule has 1 aliphatic heterocycles. The highest BCUT2D eigenvalue weighted by atomic mass is 16.5. The number of hydrogen-bond acceptors (Lipinski definition) is 5. The van der Waals surface area contributed by atoms with Crippen molar-refractivity contribution in [3.05, 3.63) is 65.7 Å². The Morgan fingerprint density at radius 2 is 1.84 bits per heavy atom. The molecule has 0 saturated heterocycles. The van der Waals surface area contributed by atoms with Crippen molar-refractivity contribution in [2.24, 2.45) is 5.16 Å². The van der Waals surface area contributed by atoms with Crippen LogP contribution in [-0.4, -0.2) is 41.8 Å². The summed E-state index contributed by atoms with van der Waals surface area (Å²) in [5.41, 5.74) is 3.72. The summed E-state index contributed by atoms with van der Waals surface area (Å²) in [4.78, 5) is 2.14. The van der Waals surface area contributed by atoms with E-state index >= 15 is 0 Å². The number of benzene rings is 2. The fourth-order valence-electron chi connectivity index (χ4n) is 3.17. The smallest absolute Gasteiger partial charge is 0.0948 e. The van der Waals surface area contributed by atoms with Gasteiger partial charge >= 0.3 is 0 Å². The number of fused-ring (bicyclic) bond motifs is 1. The second-order valence-corrected chi connectivity index (χ2v) is 6.27. The Kier molecular flexibility index (Phi) is 6.04. The molecule has 2 aromatic carbocycles. The lowest BCUT2D eigenvalue weighted by atomic mass is 10.1. The average molecular weight is 340 g/mol. The summed E-state index contributed by atoms with van der Waals surface area (Å²) in [5, 5.41) is 23.1. The van der Waals surface area contributed by atoms with Crippen molar-refractivity contribution in [2.75, 3.05) is 24.6 Å². The van der Waals surface area contributed by atoms with Crippen LogP contribution in [0.3, 0.4) is 0 Å². The van der Waals surface area contributed by atoms with Gasteiger partial charge in [0, 0.05) is 24.3 Å². The van der Waals surface area contributed by atoms with Crippen LogP contribution in [0.25, 0.3) is 0 Å². The molecule has 1 unspecified atom stereocenters. The van der Waals surface area contributed by atoms with Gasteiger partial charge in [0.15, 0.2) is 0 Å². The second-order valence-electron chi connectivity index (χ2n) is 6.27. The van der Waals surface area contributed by atoms with E-state index in [2.05, 4.69) is 10.1 Å². The van der Waals surface area contributed by atoms with E-state index in [-0.39, 0.29) is 6.61 Å². The molecule has 1 atom stereocenters. The number of para-hydroxylation sites is 1. The minimum Gasteiger partial charge on any atom is -0.411 e. The first kappa shape index (κ1) is 17.5. The summed E-state index contributed by atoms with van der Waals surface area (Å²) in [6.45, 7) is 2.08. The maximum Gasteiger partial charge on any atom is 0.0948 e. The van der Waals surface area contributed by atoms with Gasteiger partial charge < -0.3 is 20.0 Å². The SMILES string of the molecule is O/N=C1/CCCN(CC(O)COCc2ccccc2)c2ccccc21. The Morgan fingerprint density at radius 3 is 2.64 bits per heavy atom. The number of hydrogen-bond donors (Lipinski definition) is 2. The third-order valence-electron chi connectivity index (χ3n) is 4.37. The largest absolute Gasteiger partial charge is 0.411 e. The van der Waals surface area contributed by atoms with Gasteiger partial charge in [0.1, 0.15) is 0 Å². The zero-order chi connectivity index (χ0) is 17.5. The number of aliphatic hydroxyl groups is 1. The van der Waals surface area contributed by atoms with Crippen LogP contribution in [-0.2, 0) is 11.3 Å². The summed E-state index contributed by atoms with van der Waals surface area (Å²) in [6.07, 6.45) is 1.03. The number of anilines is 1. The minimum atomic E-state index is -0.579. The van der Waals surface area contributed by atoms with E-state index in [4.69, 9.17) is 4.74 Å². The van der Waals surface area contributed by atoms with Crippen LogP contribution >= 0.6 is 0 Å². The fourth-order valence-corrected chi connectivity index (χ4v) is 3.17. The standard InChI is InChI=1S/C20H24N2O3/c23-17(15-25-14-16-7-2-1-3-8-16)13-22-12-6-10-19(21-24)18-9-4-5-11-20(18)22/h1-5,7-9,11,17,23-24H,6,10,12-15H2/b21-19-. The number of β-amino-alcohol motifs (C(OH)–C–C–N with tert-alkyl or cyclic N) is 1. The third-order valence-corrected chi connectivity index (χ3v) is 4.37. The lowest BCUT2D eigenvalue weighted by Crippen LogP contribution is -2.35.